The predicted molar refractivity (Wildman–Crippen MR) is 67.2 cm³/mol. The molecule has 0 saturated heterocycles. The molecule has 0 aromatic heterocycles. The van der Waals surface area contributed by atoms with Crippen molar-refractivity contribution in [3.8, 4) is 0 Å². The van der Waals surface area contributed by atoms with Crippen molar-refractivity contribution in [2.24, 2.45) is 0 Å². The molecule has 0 spiro atoms. The monoisotopic (exact) mass is 298 g/mol. The van der Waals surface area contributed by atoms with E-state index < -0.39 is 33.3 Å². The number of carbonyl (C=O) groups is 3. The van der Waals surface area contributed by atoms with E-state index in [0.29, 0.717) is 6.08 Å². The van der Waals surface area contributed by atoms with E-state index in [9.17, 15) is 22.8 Å². The lowest BCUT2D eigenvalue weighted by Crippen LogP contribution is -2.15. The summed E-state index contributed by atoms with van der Waals surface area (Å²) in [5.41, 5.74) is 0.0942. The largest absolute Gasteiger partial charge is 0.480 e. The number of allylic oxidation sites excluding steroid dienone is 1. The third kappa shape index (κ3) is 4.32. The fourth-order valence-electron chi connectivity index (χ4n) is 1.32. The molecule has 0 unspecified atom stereocenters. The second-order valence-corrected chi connectivity index (χ2v) is 5.70. The highest BCUT2D eigenvalue weighted by Crippen LogP contribution is 2.13. The minimum Gasteiger partial charge on any atom is -0.480 e. The number of carboxylic acids is 2. The van der Waals surface area contributed by atoms with E-state index >= 15 is 0 Å². The van der Waals surface area contributed by atoms with E-state index in [2.05, 4.69) is 0 Å². The number of hydrogen-bond acceptors (Lipinski definition) is 5. The molecule has 0 aliphatic carbocycles. The summed E-state index contributed by atoms with van der Waals surface area (Å²) in [6.07, 6.45) is 1.50. The fraction of sp³-hybridized carbons (Fsp3) is 0.0833. The highest BCUT2D eigenvalue weighted by molar-refractivity contribution is 7.92. The van der Waals surface area contributed by atoms with Gasteiger partial charge >= 0.3 is 11.9 Å². The van der Waals surface area contributed by atoms with Gasteiger partial charge in [0, 0.05) is 11.6 Å². The molecule has 1 aromatic rings. The number of benzene rings is 1. The van der Waals surface area contributed by atoms with Crippen LogP contribution >= 0.6 is 0 Å². The van der Waals surface area contributed by atoms with Gasteiger partial charge in [-0.3, -0.25) is 9.59 Å². The average Bonchev–Trinajstić information content (AvgIpc) is 2.34. The van der Waals surface area contributed by atoms with Gasteiger partial charge in [0.2, 0.25) is 0 Å². The van der Waals surface area contributed by atoms with Crippen molar-refractivity contribution in [3.05, 3.63) is 42.0 Å². The molecule has 0 radical (unpaired) electrons. The van der Waals surface area contributed by atoms with E-state index in [4.69, 9.17) is 10.2 Å². The van der Waals surface area contributed by atoms with Crippen LogP contribution in [0.5, 0.6) is 0 Å². The average molecular weight is 298 g/mol. The van der Waals surface area contributed by atoms with Crippen LogP contribution in [0.15, 0.2) is 41.3 Å². The van der Waals surface area contributed by atoms with E-state index in [1.54, 1.807) is 0 Å². The molecular weight excluding hydrogens is 288 g/mol. The second kappa shape index (κ2) is 6.11. The molecule has 0 atom stereocenters. The van der Waals surface area contributed by atoms with Crippen molar-refractivity contribution in [3.63, 3.8) is 0 Å². The van der Waals surface area contributed by atoms with Crippen LogP contribution in [0.1, 0.15) is 10.4 Å². The van der Waals surface area contributed by atoms with Crippen LogP contribution in [0.4, 0.5) is 0 Å². The minimum atomic E-state index is -3.95. The van der Waals surface area contributed by atoms with Gasteiger partial charge in [0.15, 0.2) is 21.4 Å². The van der Waals surface area contributed by atoms with Gasteiger partial charge < -0.3 is 10.2 Å². The molecule has 1 aromatic carbocycles. The maximum atomic E-state index is 11.6. The Labute approximate surface area is 114 Å². The van der Waals surface area contributed by atoms with Crippen LogP contribution in [0, 0.1) is 0 Å². The zero-order valence-electron chi connectivity index (χ0n) is 10.0. The molecule has 8 heteroatoms. The quantitative estimate of drug-likeness (QED) is 0.573. The first-order chi connectivity index (χ1) is 9.22. The number of sulfone groups is 1. The van der Waals surface area contributed by atoms with E-state index in [-0.39, 0.29) is 10.5 Å². The van der Waals surface area contributed by atoms with Gasteiger partial charge in [-0.15, -0.1) is 0 Å². The number of ketones is 1. The Morgan fingerprint density at radius 3 is 2.00 bits per heavy atom. The minimum absolute atomic E-state index is 0.0942. The summed E-state index contributed by atoms with van der Waals surface area (Å²) >= 11 is 0. The van der Waals surface area contributed by atoms with Crippen molar-refractivity contribution in [1.82, 2.24) is 0 Å². The Balaban J connectivity index is 2.97. The molecule has 1 rings (SSSR count). The van der Waals surface area contributed by atoms with Gasteiger partial charge in [0.25, 0.3) is 0 Å². The Bertz CT molecular complexity index is 668. The summed E-state index contributed by atoms with van der Waals surface area (Å²) < 4.78 is 23.2. The number of carbonyl (C=O) groups excluding carboxylic acids is 1. The van der Waals surface area contributed by atoms with E-state index in [0.717, 1.165) is 18.2 Å². The first kappa shape index (κ1) is 15.6. The van der Waals surface area contributed by atoms with Crippen LogP contribution in [0.3, 0.4) is 0 Å². The van der Waals surface area contributed by atoms with Gasteiger partial charge in [-0.2, -0.15) is 0 Å². The van der Waals surface area contributed by atoms with Crippen molar-refractivity contribution in [2.75, 3.05) is 5.75 Å². The molecule has 2 N–H and O–H groups in total. The molecule has 0 heterocycles. The van der Waals surface area contributed by atoms with Crippen LogP contribution in [0.2, 0.25) is 0 Å². The lowest BCUT2D eigenvalue weighted by Gasteiger charge is -2.02. The Morgan fingerprint density at radius 2 is 1.55 bits per heavy atom. The van der Waals surface area contributed by atoms with Crippen LogP contribution in [-0.4, -0.2) is 42.1 Å². The summed E-state index contributed by atoms with van der Waals surface area (Å²) in [6.45, 7) is 0. The molecule has 0 aliphatic rings. The molecule has 0 amide bonds. The molecule has 0 bridgehead atoms. The molecular formula is C12H10O7S. The van der Waals surface area contributed by atoms with Gasteiger partial charge in [-0.1, -0.05) is 0 Å². The second-order valence-electron chi connectivity index (χ2n) is 3.71. The first-order valence-electron chi connectivity index (χ1n) is 5.22. The van der Waals surface area contributed by atoms with Gasteiger partial charge in [-0.05, 0) is 30.3 Å². The standard InChI is InChI=1S/C12H10O7S/c13-10(5-6-11(14)15)8-1-3-9(4-2-8)20(18,19)7-12(16)17/h1-6H,7H2,(H,14,15)(H,16,17)/b6-5+. The summed E-state index contributed by atoms with van der Waals surface area (Å²) in [5, 5.41) is 16.8. The SMILES string of the molecule is O=C(O)/C=C/C(=O)c1ccc(S(=O)(=O)CC(=O)O)cc1. The fourth-order valence-corrected chi connectivity index (χ4v) is 2.36. The normalized spacial score (nSPS) is 11.4. The number of hydrogen-bond donors (Lipinski definition) is 2. The van der Waals surface area contributed by atoms with Gasteiger partial charge in [0.1, 0.15) is 0 Å². The molecule has 20 heavy (non-hydrogen) atoms. The molecule has 0 aliphatic heterocycles. The van der Waals surface area contributed by atoms with Crippen LogP contribution in [0.25, 0.3) is 0 Å². The topological polar surface area (TPSA) is 126 Å². The molecule has 106 valence electrons. The number of aliphatic carboxylic acids is 2. The Morgan fingerprint density at radius 1 is 1.00 bits per heavy atom. The summed E-state index contributed by atoms with van der Waals surface area (Å²) in [6, 6.07) is 4.56. The highest BCUT2D eigenvalue weighted by atomic mass is 32.2. The van der Waals surface area contributed by atoms with Crippen molar-refractivity contribution < 1.29 is 33.0 Å². The van der Waals surface area contributed by atoms with Crippen LogP contribution in [-0.2, 0) is 19.4 Å². The van der Waals surface area contributed by atoms with E-state index in [1.165, 1.54) is 12.1 Å². The zero-order valence-corrected chi connectivity index (χ0v) is 10.8. The maximum absolute atomic E-state index is 11.6. The number of carboxylic acid groups (broad SMARTS) is 2. The molecule has 0 fully saturated rings. The molecule has 0 saturated carbocycles. The summed E-state index contributed by atoms with van der Waals surface area (Å²) in [4.78, 5) is 31.9. The summed E-state index contributed by atoms with van der Waals surface area (Å²) in [5.74, 6) is -4.40. The predicted octanol–water partition coefficient (Wildman–Crippen LogP) is 0.368. The Hall–Kier alpha value is -2.48. The van der Waals surface area contributed by atoms with Crippen molar-refractivity contribution in [1.29, 1.82) is 0 Å². The lowest BCUT2D eigenvalue weighted by molar-refractivity contribution is -0.134. The molecule has 7 nitrogen and oxygen atoms in total. The third-order valence-electron chi connectivity index (χ3n) is 2.19. The zero-order chi connectivity index (χ0) is 15.3. The Kier molecular flexibility index (Phi) is 4.76. The van der Waals surface area contributed by atoms with Crippen molar-refractivity contribution in [2.45, 2.75) is 4.90 Å². The van der Waals surface area contributed by atoms with Crippen LogP contribution < -0.4 is 0 Å². The van der Waals surface area contributed by atoms with Crippen molar-refractivity contribution >= 4 is 27.6 Å². The van der Waals surface area contributed by atoms with Gasteiger partial charge in [0.05, 0.1) is 4.90 Å². The maximum Gasteiger partial charge on any atom is 0.328 e. The highest BCUT2D eigenvalue weighted by Gasteiger charge is 2.18. The summed E-state index contributed by atoms with van der Waals surface area (Å²) in [7, 11) is -3.95. The smallest absolute Gasteiger partial charge is 0.328 e. The van der Waals surface area contributed by atoms with E-state index in [1.807, 2.05) is 0 Å². The number of rotatable bonds is 6. The third-order valence-corrected chi connectivity index (χ3v) is 3.81. The lowest BCUT2D eigenvalue weighted by atomic mass is 10.1. The van der Waals surface area contributed by atoms with Gasteiger partial charge in [-0.25, -0.2) is 13.2 Å². The first-order valence-corrected chi connectivity index (χ1v) is 6.87.